The molecule has 1 heterocycles. The lowest BCUT2D eigenvalue weighted by Gasteiger charge is -2.33. The molecule has 0 bridgehead atoms. The van der Waals surface area contributed by atoms with E-state index in [4.69, 9.17) is 31.2 Å². The van der Waals surface area contributed by atoms with E-state index in [1.165, 1.54) is 6.08 Å². The van der Waals surface area contributed by atoms with Gasteiger partial charge < -0.3 is 28.7 Å². The van der Waals surface area contributed by atoms with Crippen molar-refractivity contribution in [3.05, 3.63) is 53.6 Å². The maximum Gasteiger partial charge on any atom is 0.203 e. The highest BCUT2D eigenvalue weighted by atomic mass is 32.2. The molecular formula is C26H32N2O5S2. The summed E-state index contributed by atoms with van der Waals surface area (Å²) in [4.78, 5) is 17.2. The molecule has 1 saturated heterocycles. The molecule has 0 amide bonds. The third-order valence-corrected chi connectivity index (χ3v) is 7.08. The maximum absolute atomic E-state index is 12.6. The summed E-state index contributed by atoms with van der Waals surface area (Å²) in [5.41, 5.74) is 1.34. The molecule has 0 saturated carbocycles. The van der Waals surface area contributed by atoms with Crippen LogP contribution in [0.15, 0.2) is 42.5 Å². The Labute approximate surface area is 217 Å². The summed E-state index contributed by atoms with van der Waals surface area (Å²) in [7, 11) is 6.79. The molecule has 2 aromatic carbocycles. The van der Waals surface area contributed by atoms with Crippen LogP contribution in [0.2, 0.25) is 0 Å². The SMILES string of the molecule is COc1cc(/C=C/C(=O)c2ccc(OCCSC(=S)N3CCN(C)CC3)cc2)cc(OC)c1OC. The van der Waals surface area contributed by atoms with Gasteiger partial charge in [-0.25, -0.2) is 0 Å². The quantitative estimate of drug-likeness (QED) is 0.200. The Bertz CT molecular complexity index is 1010. The van der Waals surface area contributed by atoms with Crippen LogP contribution in [-0.4, -0.2) is 86.8 Å². The van der Waals surface area contributed by atoms with Gasteiger partial charge in [-0.3, -0.25) is 4.79 Å². The summed E-state index contributed by atoms with van der Waals surface area (Å²) in [6.07, 6.45) is 3.24. The average molecular weight is 517 g/mol. The number of thiocarbonyl (C=S) groups is 1. The second-order valence-electron chi connectivity index (χ2n) is 7.93. The van der Waals surface area contributed by atoms with Crippen LogP contribution in [0.4, 0.5) is 0 Å². The van der Waals surface area contributed by atoms with Crippen LogP contribution in [0.25, 0.3) is 6.08 Å². The van der Waals surface area contributed by atoms with Crippen LogP contribution in [0.5, 0.6) is 23.0 Å². The van der Waals surface area contributed by atoms with Crippen LogP contribution < -0.4 is 18.9 Å². The molecule has 0 unspecified atom stereocenters. The van der Waals surface area contributed by atoms with Gasteiger partial charge in [-0.2, -0.15) is 0 Å². The van der Waals surface area contributed by atoms with Gasteiger partial charge in [-0.15, -0.1) is 0 Å². The van der Waals surface area contributed by atoms with Crippen LogP contribution in [0.1, 0.15) is 15.9 Å². The second-order valence-corrected chi connectivity index (χ2v) is 9.66. The summed E-state index contributed by atoms with van der Waals surface area (Å²) in [5.74, 6) is 2.96. The van der Waals surface area contributed by atoms with Gasteiger partial charge in [0.15, 0.2) is 17.3 Å². The number of hydrogen-bond donors (Lipinski definition) is 0. The van der Waals surface area contributed by atoms with Gasteiger partial charge in [0, 0.05) is 37.5 Å². The average Bonchev–Trinajstić information content (AvgIpc) is 2.89. The van der Waals surface area contributed by atoms with E-state index in [-0.39, 0.29) is 5.78 Å². The molecule has 35 heavy (non-hydrogen) atoms. The van der Waals surface area contributed by atoms with Gasteiger partial charge in [-0.05, 0) is 55.1 Å². The fraction of sp³-hybridized carbons (Fsp3) is 0.385. The molecular weight excluding hydrogens is 484 g/mol. The van der Waals surface area contributed by atoms with Crippen molar-refractivity contribution >= 4 is 40.2 Å². The number of methoxy groups -OCH3 is 3. The van der Waals surface area contributed by atoms with E-state index in [1.54, 1.807) is 63.4 Å². The summed E-state index contributed by atoms with van der Waals surface area (Å²) in [6, 6.07) is 10.7. The number of carbonyl (C=O) groups excluding carboxylic acids is 1. The molecule has 1 aliphatic rings. The third-order valence-electron chi connectivity index (χ3n) is 5.59. The van der Waals surface area contributed by atoms with Crippen molar-refractivity contribution < 1.29 is 23.7 Å². The number of ketones is 1. The largest absolute Gasteiger partial charge is 0.493 e. The van der Waals surface area contributed by atoms with Crippen LogP contribution in [0.3, 0.4) is 0 Å². The minimum Gasteiger partial charge on any atom is -0.493 e. The molecule has 0 aromatic heterocycles. The Hall–Kier alpha value is -2.75. The third kappa shape index (κ3) is 7.62. The van der Waals surface area contributed by atoms with Crippen molar-refractivity contribution in [3.8, 4) is 23.0 Å². The number of allylic oxidation sites excluding steroid dienone is 1. The number of thioether (sulfide) groups is 1. The molecule has 188 valence electrons. The maximum atomic E-state index is 12.6. The number of likely N-dealkylation sites (N-methyl/N-ethyl adjacent to an activating group) is 1. The number of nitrogens with zero attached hydrogens (tertiary/aromatic N) is 2. The minimum absolute atomic E-state index is 0.113. The number of benzene rings is 2. The van der Waals surface area contributed by atoms with E-state index in [9.17, 15) is 4.79 Å². The predicted molar refractivity (Wildman–Crippen MR) is 146 cm³/mol. The zero-order valence-corrected chi connectivity index (χ0v) is 22.2. The van der Waals surface area contributed by atoms with E-state index in [1.807, 2.05) is 12.1 Å². The first-order valence-corrected chi connectivity index (χ1v) is 12.7. The van der Waals surface area contributed by atoms with E-state index in [0.717, 1.165) is 47.6 Å². The van der Waals surface area contributed by atoms with Gasteiger partial charge in [-0.1, -0.05) is 30.1 Å². The lowest BCUT2D eigenvalue weighted by atomic mass is 10.1. The molecule has 1 aliphatic heterocycles. The van der Waals surface area contributed by atoms with E-state index in [0.29, 0.717) is 29.4 Å². The fourth-order valence-electron chi connectivity index (χ4n) is 3.55. The lowest BCUT2D eigenvalue weighted by Crippen LogP contribution is -2.45. The van der Waals surface area contributed by atoms with E-state index >= 15 is 0 Å². The second kappa shape index (κ2) is 13.4. The van der Waals surface area contributed by atoms with Crippen LogP contribution in [-0.2, 0) is 0 Å². The van der Waals surface area contributed by atoms with Gasteiger partial charge in [0.1, 0.15) is 10.1 Å². The van der Waals surface area contributed by atoms with E-state index in [2.05, 4.69) is 16.8 Å². The zero-order chi connectivity index (χ0) is 25.2. The normalized spacial score (nSPS) is 14.1. The molecule has 1 fully saturated rings. The lowest BCUT2D eigenvalue weighted by molar-refractivity contribution is 0.104. The van der Waals surface area contributed by atoms with Crippen molar-refractivity contribution in [2.75, 3.05) is 66.9 Å². The first kappa shape index (κ1) is 26.8. The molecule has 2 aromatic rings. The number of piperazine rings is 1. The standard InChI is InChI=1S/C26H32N2O5S2/c1-27-11-13-28(14-12-27)26(34)35-16-15-33-21-8-6-20(7-9-21)22(29)10-5-19-17-23(30-2)25(32-4)24(18-19)31-3/h5-10,17-18H,11-16H2,1-4H3/b10-5+. The number of ether oxygens (including phenoxy) is 4. The van der Waals surface area contributed by atoms with Crippen LogP contribution >= 0.6 is 24.0 Å². The summed E-state index contributed by atoms with van der Waals surface area (Å²) >= 11 is 7.19. The minimum atomic E-state index is -0.113. The summed E-state index contributed by atoms with van der Waals surface area (Å²) in [5, 5.41) is 0. The molecule has 0 atom stereocenters. The van der Waals surface area contributed by atoms with Crippen molar-refractivity contribution in [1.82, 2.24) is 9.80 Å². The van der Waals surface area contributed by atoms with Crippen molar-refractivity contribution in [3.63, 3.8) is 0 Å². The molecule has 0 N–H and O–H groups in total. The Morgan fingerprint density at radius 2 is 1.63 bits per heavy atom. The molecule has 9 heteroatoms. The van der Waals surface area contributed by atoms with Gasteiger partial charge >= 0.3 is 0 Å². The monoisotopic (exact) mass is 516 g/mol. The van der Waals surface area contributed by atoms with Crippen molar-refractivity contribution in [1.29, 1.82) is 0 Å². The Morgan fingerprint density at radius 3 is 2.20 bits per heavy atom. The molecule has 0 spiro atoms. The summed E-state index contributed by atoms with van der Waals surface area (Å²) < 4.78 is 22.8. The van der Waals surface area contributed by atoms with Gasteiger partial charge in [0.05, 0.1) is 27.9 Å². The number of rotatable bonds is 10. The van der Waals surface area contributed by atoms with E-state index < -0.39 is 0 Å². The Balaban J connectivity index is 1.49. The summed E-state index contributed by atoms with van der Waals surface area (Å²) in [6.45, 7) is 4.59. The molecule has 0 aliphatic carbocycles. The highest BCUT2D eigenvalue weighted by Gasteiger charge is 2.16. The number of hydrogen-bond acceptors (Lipinski definition) is 8. The first-order chi connectivity index (χ1) is 16.9. The van der Waals surface area contributed by atoms with Gasteiger partial charge in [0.2, 0.25) is 5.75 Å². The highest BCUT2D eigenvalue weighted by molar-refractivity contribution is 8.22. The molecule has 3 rings (SSSR count). The van der Waals surface area contributed by atoms with Gasteiger partial charge in [0.25, 0.3) is 0 Å². The Kier molecular flexibility index (Phi) is 10.3. The van der Waals surface area contributed by atoms with Crippen LogP contribution in [0, 0.1) is 0 Å². The molecule has 7 nitrogen and oxygen atoms in total. The first-order valence-electron chi connectivity index (χ1n) is 11.3. The fourth-order valence-corrected chi connectivity index (χ4v) is 4.69. The highest BCUT2D eigenvalue weighted by Crippen LogP contribution is 2.38. The topological polar surface area (TPSA) is 60.5 Å². The molecule has 0 radical (unpaired) electrons. The van der Waals surface area contributed by atoms with Crippen molar-refractivity contribution in [2.45, 2.75) is 0 Å². The number of carbonyl (C=O) groups is 1. The Morgan fingerprint density at radius 1 is 1.00 bits per heavy atom. The smallest absolute Gasteiger partial charge is 0.203 e. The predicted octanol–water partition coefficient (Wildman–Crippen LogP) is 4.25. The zero-order valence-electron chi connectivity index (χ0n) is 20.6. The van der Waals surface area contributed by atoms with Crippen molar-refractivity contribution in [2.24, 2.45) is 0 Å².